The van der Waals surface area contributed by atoms with Gasteiger partial charge in [-0.2, -0.15) is 0 Å². The van der Waals surface area contributed by atoms with E-state index in [1.807, 2.05) is 24.3 Å². The summed E-state index contributed by atoms with van der Waals surface area (Å²) in [7, 11) is 1.61. The molecule has 0 aliphatic carbocycles. The van der Waals surface area contributed by atoms with Gasteiger partial charge in [0.05, 0.1) is 4.92 Å². The number of para-hydroxylation sites is 1. The van der Waals surface area contributed by atoms with E-state index in [4.69, 9.17) is 4.74 Å². The minimum Gasteiger partial charge on any atom is -0.452 e. The lowest BCUT2D eigenvalue weighted by Gasteiger charge is -2.17. The maximum atomic E-state index is 12.2. The molecule has 2 aromatic carbocycles. The number of benzene rings is 2. The van der Waals surface area contributed by atoms with E-state index in [0.29, 0.717) is 12.1 Å². The SMILES string of the molecule is CCc1ccc(CN(C)C(=O)COC(=O)c2cccc(C)c2[N+](=O)[O-])cc1. The van der Waals surface area contributed by atoms with Crippen molar-refractivity contribution in [1.29, 1.82) is 0 Å². The van der Waals surface area contributed by atoms with Crippen LogP contribution < -0.4 is 0 Å². The fraction of sp³-hybridized carbons (Fsp3) is 0.300. The van der Waals surface area contributed by atoms with Gasteiger partial charge in [0.1, 0.15) is 5.56 Å². The molecule has 27 heavy (non-hydrogen) atoms. The zero-order valence-electron chi connectivity index (χ0n) is 15.6. The van der Waals surface area contributed by atoms with E-state index < -0.39 is 23.4 Å². The van der Waals surface area contributed by atoms with Gasteiger partial charge in [0.15, 0.2) is 6.61 Å². The number of rotatable bonds is 7. The van der Waals surface area contributed by atoms with Crippen LogP contribution in [0.4, 0.5) is 5.69 Å². The van der Waals surface area contributed by atoms with Crippen LogP contribution in [0.1, 0.15) is 34.0 Å². The zero-order chi connectivity index (χ0) is 20.0. The van der Waals surface area contributed by atoms with Crippen molar-refractivity contribution in [1.82, 2.24) is 4.90 Å². The van der Waals surface area contributed by atoms with Crippen LogP contribution in [-0.4, -0.2) is 35.4 Å². The lowest BCUT2D eigenvalue weighted by Crippen LogP contribution is -2.31. The van der Waals surface area contributed by atoms with E-state index in [1.165, 1.54) is 35.6 Å². The molecule has 0 aliphatic heterocycles. The highest BCUT2D eigenvalue weighted by molar-refractivity contribution is 5.95. The number of hydrogen-bond donors (Lipinski definition) is 0. The van der Waals surface area contributed by atoms with Crippen molar-refractivity contribution in [3.63, 3.8) is 0 Å². The van der Waals surface area contributed by atoms with Crippen molar-refractivity contribution >= 4 is 17.6 Å². The Balaban J connectivity index is 1.97. The molecule has 0 saturated heterocycles. The number of nitro benzene ring substituents is 1. The van der Waals surface area contributed by atoms with Crippen molar-refractivity contribution in [2.75, 3.05) is 13.7 Å². The number of likely N-dealkylation sites (N-methyl/N-ethyl adjacent to an activating group) is 1. The molecule has 142 valence electrons. The summed E-state index contributed by atoms with van der Waals surface area (Å²) in [6, 6.07) is 12.3. The Hall–Kier alpha value is -3.22. The van der Waals surface area contributed by atoms with Crippen molar-refractivity contribution in [2.45, 2.75) is 26.8 Å². The topological polar surface area (TPSA) is 89.8 Å². The lowest BCUT2D eigenvalue weighted by atomic mass is 10.1. The lowest BCUT2D eigenvalue weighted by molar-refractivity contribution is -0.385. The normalized spacial score (nSPS) is 10.3. The van der Waals surface area contributed by atoms with Gasteiger partial charge in [0, 0.05) is 19.2 Å². The molecule has 7 nitrogen and oxygen atoms in total. The molecule has 2 rings (SSSR count). The average molecular weight is 370 g/mol. The highest BCUT2D eigenvalue weighted by Crippen LogP contribution is 2.23. The second-order valence-electron chi connectivity index (χ2n) is 6.22. The monoisotopic (exact) mass is 370 g/mol. The van der Waals surface area contributed by atoms with Crippen molar-refractivity contribution < 1.29 is 19.2 Å². The van der Waals surface area contributed by atoms with Gasteiger partial charge in [0.25, 0.3) is 11.6 Å². The molecule has 1 amide bonds. The van der Waals surface area contributed by atoms with Crippen LogP contribution in [-0.2, 0) is 22.5 Å². The average Bonchev–Trinajstić information content (AvgIpc) is 2.65. The number of amides is 1. The number of ether oxygens (including phenoxy) is 1. The molecule has 0 atom stereocenters. The second-order valence-corrected chi connectivity index (χ2v) is 6.22. The maximum absolute atomic E-state index is 12.2. The summed E-state index contributed by atoms with van der Waals surface area (Å²) >= 11 is 0. The molecule has 0 fully saturated rings. The van der Waals surface area contributed by atoms with Gasteiger partial charge in [-0.15, -0.1) is 0 Å². The smallest absolute Gasteiger partial charge is 0.345 e. The van der Waals surface area contributed by atoms with Gasteiger partial charge >= 0.3 is 5.97 Å². The van der Waals surface area contributed by atoms with Crippen molar-refractivity contribution in [3.05, 3.63) is 74.8 Å². The van der Waals surface area contributed by atoms with Crippen LogP contribution in [0, 0.1) is 17.0 Å². The van der Waals surface area contributed by atoms with E-state index >= 15 is 0 Å². The number of nitro groups is 1. The van der Waals surface area contributed by atoms with Gasteiger partial charge in [-0.3, -0.25) is 14.9 Å². The highest BCUT2D eigenvalue weighted by Gasteiger charge is 2.24. The standard InChI is InChI=1S/C20H22N2O5/c1-4-15-8-10-16(11-9-15)12-21(3)18(23)13-27-20(24)17-7-5-6-14(2)19(17)22(25)26/h5-11H,4,12-13H2,1-3H3. The van der Waals surface area contributed by atoms with Crippen molar-refractivity contribution in [3.8, 4) is 0 Å². The summed E-state index contributed by atoms with van der Waals surface area (Å²) < 4.78 is 5.00. The molecule has 0 heterocycles. The van der Waals surface area contributed by atoms with E-state index in [1.54, 1.807) is 7.05 Å². The number of nitrogens with zero attached hydrogens (tertiary/aromatic N) is 2. The molecule has 7 heteroatoms. The van der Waals surface area contributed by atoms with Crippen LogP contribution >= 0.6 is 0 Å². The molecule has 0 aromatic heterocycles. The Morgan fingerprint density at radius 1 is 1.11 bits per heavy atom. The molecule has 2 aromatic rings. The van der Waals surface area contributed by atoms with Crippen LogP contribution in [0.25, 0.3) is 0 Å². The van der Waals surface area contributed by atoms with Gasteiger partial charge < -0.3 is 9.64 Å². The molecule has 0 unspecified atom stereocenters. The number of hydrogen-bond acceptors (Lipinski definition) is 5. The predicted molar refractivity (Wildman–Crippen MR) is 100 cm³/mol. The second kappa shape index (κ2) is 8.93. The minimum absolute atomic E-state index is 0.161. The van der Waals surface area contributed by atoms with E-state index in [-0.39, 0.29) is 11.3 Å². The Morgan fingerprint density at radius 2 is 1.74 bits per heavy atom. The quantitative estimate of drug-likeness (QED) is 0.424. The number of carbonyl (C=O) groups is 2. The molecule has 0 radical (unpaired) electrons. The molecule has 0 saturated carbocycles. The van der Waals surface area contributed by atoms with Gasteiger partial charge in [-0.25, -0.2) is 4.79 Å². The summed E-state index contributed by atoms with van der Waals surface area (Å²) in [6.45, 7) is 3.51. The molecule has 0 N–H and O–H groups in total. The summed E-state index contributed by atoms with van der Waals surface area (Å²) in [5.41, 5.74) is 2.06. The summed E-state index contributed by atoms with van der Waals surface area (Å²) in [5, 5.41) is 11.2. The first kappa shape index (κ1) is 20.1. The predicted octanol–water partition coefficient (Wildman–Crippen LogP) is 3.28. The van der Waals surface area contributed by atoms with E-state index in [9.17, 15) is 19.7 Å². The summed E-state index contributed by atoms with van der Waals surface area (Å²) in [6.07, 6.45) is 0.941. The summed E-state index contributed by atoms with van der Waals surface area (Å²) in [4.78, 5) is 36.4. The zero-order valence-corrected chi connectivity index (χ0v) is 15.6. The van der Waals surface area contributed by atoms with Crippen LogP contribution in [0.15, 0.2) is 42.5 Å². The van der Waals surface area contributed by atoms with Gasteiger partial charge in [-0.1, -0.05) is 43.3 Å². The maximum Gasteiger partial charge on any atom is 0.345 e. The Kier molecular flexibility index (Phi) is 6.65. The van der Waals surface area contributed by atoms with Gasteiger partial charge in [0.2, 0.25) is 0 Å². The number of carbonyl (C=O) groups excluding carboxylic acids is 2. The first-order valence-corrected chi connectivity index (χ1v) is 8.56. The molecule has 0 aliphatic rings. The number of esters is 1. The van der Waals surface area contributed by atoms with Gasteiger partial charge in [-0.05, 0) is 30.5 Å². The Labute approximate surface area is 157 Å². The third-order valence-electron chi connectivity index (χ3n) is 4.24. The molecule has 0 spiro atoms. The highest BCUT2D eigenvalue weighted by atomic mass is 16.6. The van der Waals surface area contributed by atoms with Crippen LogP contribution in [0.3, 0.4) is 0 Å². The third kappa shape index (κ3) is 5.13. The first-order valence-electron chi connectivity index (χ1n) is 8.56. The Bertz CT molecular complexity index is 846. The summed E-state index contributed by atoms with van der Waals surface area (Å²) in [5.74, 6) is -1.28. The van der Waals surface area contributed by atoms with Crippen LogP contribution in [0.5, 0.6) is 0 Å². The fourth-order valence-electron chi connectivity index (χ4n) is 2.62. The first-order chi connectivity index (χ1) is 12.8. The molecular formula is C20H22N2O5. The third-order valence-corrected chi connectivity index (χ3v) is 4.24. The number of aryl methyl sites for hydroxylation is 2. The Morgan fingerprint density at radius 3 is 2.33 bits per heavy atom. The minimum atomic E-state index is -0.889. The van der Waals surface area contributed by atoms with E-state index in [0.717, 1.165) is 12.0 Å². The largest absolute Gasteiger partial charge is 0.452 e. The molecular weight excluding hydrogens is 348 g/mol. The van der Waals surface area contributed by atoms with Crippen molar-refractivity contribution in [2.24, 2.45) is 0 Å². The van der Waals surface area contributed by atoms with E-state index in [2.05, 4.69) is 6.92 Å². The fourth-order valence-corrected chi connectivity index (χ4v) is 2.62. The molecule has 0 bridgehead atoms. The van der Waals surface area contributed by atoms with Crippen LogP contribution in [0.2, 0.25) is 0 Å².